The lowest BCUT2D eigenvalue weighted by Gasteiger charge is -2.22. The molecule has 1 aromatic heterocycles. The van der Waals surface area contributed by atoms with E-state index >= 15 is 0 Å². The minimum absolute atomic E-state index is 0.0142. The third kappa shape index (κ3) is 3.27. The van der Waals surface area contributed by atoms with Crippen LogP contribution in [0.1, 0.15) is 6.42 Å². The smallest absolute Gasteiger partial charge is 0.260 e. The number of rotatable bonds is 4. The maximum atomic E-state index is 13.1. The first-order chi connectivity index (χ1) is 11.3. The van der Waals surface area contributed by atoms with E-state index in [0.29, 0.717) is 17.2 Å². The second-order valence-electron chi connectivity index (χ2n) is 5.39. The predicted molar refractivity (Wildman–Crippen MR) is 88.2 cm³/mol. The van der Waals surface area contributed by atoms with Crippen molar-refractivity contribution in [3.63, 3.8) is 0 Å². The molecule has 1 N–H and O–H groups in total. The third-order valence-electron chi connectivity index (χ3n) is 3.68. The summed E-state index contributed by atoms with van der Waals surface area (Å²) in [6, 6.07) is 6.74. The summed E-state index contributed by atoms with van der Waals surface area (Å²) in [5.74, 6) is -4.59. The number of anilines is 3. The number of amides is 1. The van der Waals surface area contributed by atoms with Crippen LogP contribution in [0.15, 0.2) is 30.5 Å². The Hall–Kier alpha value is -1.99. The van der Waals surface area contributed by atoms with Crippen LogP contribution in [0.25, 0.3) is 0 Å². The first-order valence-electron chi connectivity index (χ1n) is 6.99. The fraction of sp³-hybridized carbons (Fsp3) is 0.267. The van der Waals surface area contributed by atoms with Crippen molar-refractivity contribution in [2.75, 3.05) is 17.3 Å². The van der Waals surface area contributed by atoms with Gasteiger partial charge in [0.25, 0.3) is 5.92 Å². The molecule has 0 bridgehead atoms. The molecule has 1 saturated carbocycles. The van der Waals surface area contributed by atoms with Gasteiger partial charge in [0.2, 0.25) is 11.2 Å². The van der Waals surface area contributed by atoms with Gasteiger partial charge >= 0.3 is 0 Å². The number of carbonyl (C=O) groups excluding carboxylic acids is 1. The van der Waals surface area contributed by atoms with Crippen LogP contribution in [0, 0.1) is 5.92 Å². The Kier molecular flexibility index (Phi) is 4.31. The zero-order valence-corrected chi connectivity index (χ0v) is 13.9. The minimum Gasteiger partial charge on any atom is -0.326 e. The second-order valence-corrected chi connectivity index (χ2v) is 6.14. The van der Waals surface area contributed by atoms with Crippen LogP contribution < -0.4 is 10.2 Å². The second kappa shape index (κ2) is 6.14. The van der Waals surface area contributed by atoms with Gasteiger partial charge < -0.3 is 10.2 Å². The Morgan fingerprint density at radius 3 is 2.71 bits per heavy atom. The highest BCUT2D eigenvalue weighted by Gasteiger charge is 2.61. The number of alkyl halides is 2. The first kappa shape index (κ1) is 16.9. The number of hydrogen-bond donors (Lipinski definition) is 1. The topological polar surface area (TPSA) is 58.1 Å². The van der Waals surface area contributed by atoms with Crippen molar-refractivity contribution in [2.45, 2.75) is 12.3 Å². The minimum atomic E-state index is -2.92. The summed E-state index contributed by atoms with van der Waals surface area (Å²) in [7, 11) is 1.67. The summed E-state index contributed by atoms with van der Waals surface area (Å²) in [4.78, 5) is 21.4. The molecule has 1 fully saturated rings. The van der Waals surface area contributed by atoms with E-state index in [0.717, 1.165) is 0 Å². The van der Waals surface area contributed by atoms with Crippen molar-refractivity contribution in [3.8, 4) is 0 Å². The molecule has 0 saturated heterocycles. The van der Waals surface area contributed by atoms with Gasteiger partial charge in [-0.2, -0.15) is 4.98 Å². The van der Waals surface area contributed by atoms with E-state index in [1.54, 1.807) is 36.2 Å². The van der Waals surface area contributed by atoms with E-state index < -0.39 is 24.2 Å². The molecule has 1 aliphatic rings. The molecule has 1 aromatic carbocycles. The summed E-state index contributed by atoms with van der Waals surface area (Å²) in [6.07, 6.45) is 0.929. The van der Waals surface area contributed by atoms with E-state index in [2.05, 4.69) is 15.3 Å². The normalized spacial score (nSPS) is 18.1. The van der Waals surface area contributed by atoms with E-state index in [4.69, 9.17) is 23.2 Å². The molecule has 0 aliphatic heterocycles. The zero-order chi connectivity index (χ0) is 17.5. The number of nitrogens with zero attached hydrogens (tertiary/aromatic N) is 3. The first-order valence-corrected chi connectivity index (χ1v) is 7.74. The highest BCUT2D eigenvalue weighted by molar-refractivity contribution is 6.33. The van der Waals surface area contributed by atoms with Gasteiger partial charge in [-0.15, -0.1) is 0 Å². The summed E-state index contributed by atoms with van der Waals surface area (Å²) in [5, 5.41) is 2.81. The van der Waals surface area contributed by atoms with E-state index in [-0.39, 0.29) is 10.3 Å². The number of halogens is 4. The molecule has 0 spiro atoms. The monoisotopic (exact) mass is 372 g/mol. The summed E-state index contributed by atoms with van der Waals surface area (Å²) in [5.41, 5.74) is 0.907. The van der Waals surface area contributed by atoms with Crippen LogP contribution in [-0.4, -0.2) is 28.8 Å². The van der Waals surface area contributed by atoms with E-state index in [1.807, 2.05) is 0 Å². The molecule has 1 aliphatic carbocycles. The van der Waals surface area contributed by atoms with E-state index in [9.17, 15) is 13.6 Å². The maximum Gasteiger partial charge on any atom is 0.260 e. The predicted octanol–water partition coefficient (Wildman–Crippen LogP) is 4.15. The van der Waals surface area contributed by atoms with Gasteiger partial charge in [0.1, 0.15) is 10.9 Å². The van der Waals surface area contributed by atoms with Gasteiger partial charge in [0, 0.05) is 13.5 Å². The quantitative estimate of drug-likeness (QED) is 0.819. The van der Waals surface area contributed by atoms with Crippen molar-refractivity contribution >= 4 is 46.3 Å². The Labute approximate surface area is 146 Å². The molecule has 5 nitrogen and oxygen atoms in total. The van der Waals surface area contributed by atoms with Crippen molar-refractivity contribution in [1.29, 1.82) is 0 Å². The van der Waals surface area contributed by atoms with Gasteiger partial charge in [-0.1, -0.05) is 23.7 Å². The molecule has 0 radical (unpaired) electrons. The van der Waals surface area contributed by atoms with Crippen LogP contribution >= 0.6 is 23.2 Å². The van der Waals surface area contributed by atoms with Crippen LogP contribution in [0.4, 0.5) is 26.0 Å². The fourth-order valence-corrected chi connectivity index (χ4v) is 2.62. The van der Waals surface area contributed by atoms with Crippen molar-refractivity contribution in [3.05, 3.63) is 40.8 Å². The van der Waals surface area contributed by atoms with Crippen molar-refractivity contribution in [2.24, 2.45) is 5.92 Å². The number of hydrogen-bond acceptors (Lipinski definition) is 4. The average Bonchev–Trinajstić information content (AvgIpc) is 3.18. The van der Waals surface area contributed by atoms with Gasteiger partial charge in [-0.25, -0.2) is 13.8 Å². The van der Waals surface area contributed by atoms with Crippen LogP contribution in [0.2, 0.25) is 10.3 Å². The van der Waals surface area contributed by atoms with Crippen molar-refractivity contribution < 1.29 is 13.6 Å². The Bertz CT molecular complexity index is 803. The Morgan fingerprint density at radius 1 is 1.38 bits per heavy atom. The molecule has 24 heavy (non-hydrogen) atoms. The lowest BCUT2D eigenvalue weighted by Crippen LogP contribution is -2.20. The molecule has 9 heteroatoms. The van der Waals surface area contributed by atoms with Crippen LogP contribution in [-0.2, 0) is 4.79 Å². The van der Waals surface area contributed by atoms with Crippen LogP contribution in [0.3, 0.4) is 0 Å². The number of para-hydroxylation sites is 2. The molecular formula is C15H12Cl2F2N4O. The lowest BCUT2D eigenvalue weighted by atomic mass is 10.2. The van der Waals surface area contributed by atoms with Gasteiger partial charge in [-0.05, 0) is 23.7 Å². The SMILES string of the molecule is CN(c1ccccc1NC(=O)[C@@H]1CC1(F)F)c1nc(Cl)ncc1Cl. The maximum absolute atomic E-state index is 13.1. The number of carbonyl (C=O) groups is 1. The summed E-state index contributed by atoms with van der Waals surface area (Å²) in [6.45, 7) is 0. The van der Waals surface area contributed by atoms with Crippen molar-refractivity contribution in [1.82, 2.24) is 9.97 Å². The molecule has 0 unspecified atom stereocenters. The standard InChI is InChI=1S/C15H12Cl2F2N4O/c1-23(12-9(16)7-20-14(17)22-12)11-5-3-2-4-10(11)21-13(24)8-6-15(8,18)19/h2-5,7-8H,6H2,1H3,(H,21,24)/t8-/m0/s1. The molecule has 2 aromatic rings. The zero-order valence-electron chi connectivity index (χ0n) is 12.4. The fourth-order valence-electron chi connectivity index (χ4n) is 2.28. The number of benzene rings is 1. The summed E-state index contributed by atoms with van der Waals surface area (Å²) >= 11 is 11.9. The largest absolute Gasteiger partial charge is 0.326 e. The lowest BCUT2D eigenvalue weighted by molar-refractivity contribution is -0.119. The highest BCUT2D eigenvalue weighted by atomic mass is 35.5. The molecule has 3 rings (SSSR count). The number of aromatic nitrogens is 2. The van der Waals surface area contributed by atoms with Gasteiger partial charge in [-0.3, -0.25) is 4.79 Å². The average molecular weight is 373 g/mol. The Balaban J connectivity index is 1.89. The highest BCUT2D eigenvalue weighted by Crippen LogP contribution is 2.49. The number of nitrogens with one attached hydrogen (secondary N) is 1. The van der Waals surface area contributed by atoms with Gasteiger partial charge in [0.05, 0.1) is 17.6 Å². The molecule has 1 heterocycles. The molecular weight excluding hydrogens is 361 g/mol. The van der Waals surface area contributed by atoms with E-state index in [1.165, 1.54) is 6.20 Å². The molecule has 1 atom stereocenters. The molecule has 126 valence electrons. The van der Waals surface area contributed by atoms with Gasteiger partial charge in [0.15, 0.2) is 5.82 Å². The van der Waals surface area contributed by atoms with Crippen LogP contribution in [0.5, 0.6) is 0 Å². The summed E-state index contributed by atoms with van der Waals surface area (Å²) < 4.78 is 26.1. The third-order valence-corrected chi connectivity index (χ3v) is 4.13. The molecule has 1 amide bonds. The Morgan fingerprint density at radius 2 is 2.04 bits per heavy atom.